The molecule has 0 spiro atoms. The fourth-order valence-electron chi connectivity index (χ4n) is 2.17. The largest absolute Gasteiger partial charge is 0.439 e. The molecule has 1 aromatic heterocycles. The zero-order valence-corrected chi connectivity index (χ0v) is 12.6. The molecule has 1 saturated carbocycles. The number of aryl methyl sites for hydroxylation is 2. The highest BCUT2D eigenvalue weighted by molar-refractivity contribution is 5.49. The number of anilines is 1. The molecular formula is C16H20N4O. The second-order valence-electron chi connectivity index (χ2n) is 5.63. The van der Waals surface area contributed by atoms with E-state index in [2.05, 4.69) is 29.2 Å². The van der Waals surface area contributed by atoms with Gasteiger partial charge in [-0.05, 0) is 56.9 Å². The van der Waals surface area contributed by atoms with Crippen LogP contribution in [0.1, 0.15) is 41.3 Å². The van der Waals surface area contributed by atoms with Crippen LogP contribution in [0.5, 0.6) is 11.6 Å². The van der Waals surface area contributed by atoms with Gasteiger partial charge in [-0.3, -0.25) is 0 Å². The minimum absolute atomic E-state index is 0.444. The van der Waals surface area contributed by atoms with Gasteiger partial charge in [0.1, 0.15) is 11.6 Å². The number of nitrogens with two attached hydrogens (primary N) is 1. The van der Waals surface area contributed by atoms with Crippen LogP contribution in [0.25, 0.3) is 0 Å². The Morgan fingerprint density at radius 3 is 2.52 bits per heavy atom. The van der Waals surface area contributed by atoms with Gasteiger partial charge in [0.25, 0.3) is 0 Å². The van der Waals surface area contributed by atoms with Crippen LogP contribution < -0.4 is 16.0 Å². The van der Waals surface area contributed by atoms with Crippen LogP contribution in [0.4, 0.5) is 5.82 Å². The Labute approximate surface area is 124 Å². The van der Waals surface area contributed by atoms with E-state index in [1.807, 2.05) is 25.1 Å². The Balaban J connectivity index is 1.96. The molecule has 0 radical (unpaired) electrons. The fourth-order valence-corrected chi connectivity index (χ4v) is 2.17. The lowest BCUT2D eigenvalue weighted by Crippen LogP contribution is -2.13. The van der Waals surface area contributed by atoms with E-state index in [4.69, 9.17) is 10.6 Å². The van der Waals surface area contributed by atoms with Gasteiger partial charge in [0, 0.05) is 5.92 Å². The number of rotatable bonds is 4. The molecule has 3 N–H and O–H groups in total. The van der Waals surface area contributed by atoms with Crippen LogP contribution in [0.15, 0.2) is 18.2 Å². The van der Waals surface area contributed by atoms with Crippen molar-refractivity contribution in [1.82, 2.24) is 9.97 Å². The van der Waals surface area contributed by atoms with Gasteiger partial charge >= 0.3 is 0 Å². The third-order valence-corrected chi connectivity index (χ3v) is 3.89. The highest BCUT2D eigenvalue weighted by atomic mass is 16.5. The van der Waals surface area contributed by atoms with Crippen molar-refractivity contribution < 1.29 is 4.74 Å². The summed E-state index contributed by atoms with van der Waals surface area (Å²) in [6, 6.07) is 6.02. The summed E-state index contributed by atoms with van der Waals surface area (Å²) >= 11 is 0. The van der Waals surface area contributed by atoms with Crippen LogP contribution in [0, 0.1) is 20.8 Å². The number of hydrogen-bond acceptors (Lipinski definition) is 5. The molecule has 1 aliphatic rings. The third-order valence-electron chi connectivity index (χ3n) is 3.89. The maximum Gasteiger partial charge on any atom is 0.227 e. The summed E-state index contributed by atoms with van der Waals surface area (Å²) in [4.78, 5) is 9.02. The number of nitrogen functional groups attached to an aromatic ring is 1. The normalized spacial score (nSPS) is 14.1. The average Bonchev–Trinajstić information content (AvgIpc) is 3.29. The quantitative estimate of drug-likeness (QED) is 0.665. The summed E-state index contributed by atoms with van der Waals surface area (Å²) < 4.78 is 5.96. The maximum absolute atomic E-state index is 5.96. The number of benzene rings is 1. The molecule has 1 aromatic carbocycles. The Morgan fingerprint density at radius 1 is 1.14 bits per heavy atom. The van der Waals surface area contributed by atoms with E-state index in [0.29, 0.717) is 17.6 Å². The molecule has 0 aliphatic heterocycles. The SMILES string of the molecule is Cc1ccc(Oc2nc(C3CC3)nc(NN)c2C)cc1C. The minimum Gasteiger partial charge on any atom is -0.439 e. The van der Waals surface area contributed by atoms with E-state index in [9.17, 15) is 0 Å². The molecule has 1 heterocycles. The Bertz CT molecular complexity index is 680. The second kappa shape index (κ2) is 5.33. The molecule has 0 amide bonds. The van der Waals surface area contributed by atoms with Crippen molar-refractivity contribution in [2.24, 2.45) is 5.84 Å². The van der Waals surface area contributed by atoms with E-state index < -0.39 is 0 Å². The van der Waals surface area contributed by atoms with Crippen LogP contribution in [-0.4, -0.2) is 9.97 Å². The predicted molar refractivity (Wildman–Crippen MR) is 82.5 cm³/mol. The monoisotopic (exact) mass is 284 g/mol. The first-order chi connectivity index (χ1) is 10.1. The highest BCUT2D eigenvalue weighted by Crippen LogP contribution is 2.40. The molecule has 110 valence electrons. The van der Waals surface area contributed by atoms with Gasteiger partial charge in [0.05, 0.1) is 5.56 Å². The highest BCUT2D eigenvalue weighted by Gasteiger charge is 2.28. The van der Waals surface area contributed by atoms with Crippen LogP contribution in [0.2, 0.25) is 0 Å². The third kappa shape index (κ3) is 2.83. The lowest BCUT2D eigenvalue weighted by molar-refractivity contribution is 0.454. The number of nitrogens with one attached hydrogen (secondary N) is 1. The van der Waals surface area contributed by atoms with Gasteiger partial charge in [-0.15, -0.1) is 0 Å². The molecule has 0 atom stereocenters. The first-order valence-electron chi connectivity index (χ1n) is 7.18. The second-order valence-corrected chi connectivity index (χ2v) is 5.63. The molecule has 0 saturated heterocycles. The lowest BCUT2D eigenvalue weighted by atomic mass is 10.1. The van der Waals surface area contributed by atoms with Crippen molar-refractivity contribution in [3.05, 3.63) is 40.7 Å². The Morgan fingerprint density at radius 2 is 1.90 bits per heavy atom. The molecule has 1 fully saturated rings. The van der Waals surface area contributed by atoms with Crippen molar-refractivity contribution in [3.63, 3.8) is 0 Å². The number of nitrogens with zero attached hydrogens (tertiary/aromatic N) is 2. The summed E-state index contributed by atoms with van der Waals surface area (Å²) in [5.74, 6) is 8.79. The molecule has 21 heavy (non-hydrogen) atoms. The molecule has 3 rings (SSSR count). The molecular weight excluding hydrogens is 264 g/mol. The minimum atomic E-state index is 0.444. The zero-order valence-electron chi connectivity index (χ0n) is 12.6. The van der Waals surface area contributed by atoms with E-state index in [0.717, 1.165) is 30.0 Å². The molecule has 1 aliphatic carbocycles. The van der Waals surface area contributed by atoms with Gasteiger partial charge in [-0.2, -0.15) is 4.98 Å². The van der Waals surface area contributed by atoms with E-state index in [-0.39, 0.29) is 0 Å². The molecule has 0 unspecified atom stereocenters. The van der Waals surface area contributed by atoms with Gasteiger partial charge in [-0.1, -0.05) is 6.07 Å². The first kappa shape index (κ1) is 13.8. The van der Waals surface area contributed by atoms with Crippen molar-refractivity contribution in [1.29, 1.82) is 0 Å². The van der Waals surface area contributed by atoms with Crippen LogP contribution >= 0.6 is 0 Å². The summed E-state index contributed by atoms with van der Waals surface area (Å²) in [6.07, 6.45) is 2.27. The molecule has 5 nitrogen and oxygen atoms in total. The fraction of sp³-hybridized carbons (Fsp3) is 0.375. The number of hydrazine groups is 1. The smallest absolute Gasteiger partial charge is 0.227 e. The Kier molecular flexibility index (Phi) is 3.51. The summed E-state index contributed by atoms with van der Waals surface area (Å²) in [6.45, 7) is 6.05. The molecule has 5 heteroatoms. The topological polar surface area (TPSA) is 73.1 Å². The van der Waals surface area contributed by atoms with E-state index >= 15 is 0 Å². The van der Waals surface area contributed by atoms with Crippen molar-refractivity contribution in [2.75, 3.05) is 5.43 Å². The predicted octanol–water partition coefficient (Wildman–Crippen LogP) is 3.36. The average molecular weight is 284 g/mol. The van der Waals surface area contributed by atoms with Crippen LogP contribution in [0.3, 0.4) is 0 Å². The standard InChI is InChI=1S/C16H20N4O/c1-9-4-7-13(8-10(9)2)21-16-11(3)14(20-17)18-15(19-16)12-5-6-12/h4,7-8,12H,5-6,17H2,1-3H3,(H,18,19,20). The van der Waals surface area contributed by atoms with E-state index in [1.54, 1.807) is 0 Å². The maximum atomic E-state index is 5.96. The number of ether oxygens (including phenoxy) is 1. The van der Waals surface area contributed by atoms with Gasteiger partial charge in [0.2, 0.25) is 5.88 Å². The Hall–Kier alpha value is -2.14. The summed E-state index contributed by atoms with van der Waals surface area (Å²) in [7, 11) is 0. The van der Waals surface area contributed by atoms with Gasteiger partial charge in [-0.25, -0.2) is 10.8 Å². The van der Waals surface area contributed by atoms with Crippen molar-refractivity contribution >= 4 is 5.82 Å². The number of hydrogen-bond donors (Lipinski definition) is 2. The van der Waals surface area contributed by atoms with Crippen molar-refractivity contribution in [3.8, 4) is 11.6 Å². The summed E-state index contributed by atoms with van der Waals surface area (Å²) in [5.41, 5.74) is 5.89. The van der Waals surface area contributed by atoms with Gasteiger partial charge < -0.3 is 10.2 Å². The van der Waals surface area contributed by atoms with E-state index in [1.165, 1.54) is 11.1 Å². The number of aromatic nitrogens is 2. The van der Waals surface area contributed by atoms with Crippen LogP contribution in [-0.2, 0) is 0 Å². The zero-order chi connectivity index (χ0) is 15.0. The van der Waals surface area contributed by atoms with Crippen molar-refractivity contribution in [2.45, 2.75) is 39.5 Å². The molecule has 2 aromatic rings. The summed E-state index contributed by atoms with van der Waals surface area (Å²) in [5, 5.41) is 0. The lowest BCUT2D eigenvalue weighted by Gasteiger charge is -2.13. The van der Waals surface area contributed by atoms with Gasteiger partial charge in [0.15, 0.2) is 5.82 Å². The molecule has 0 bridgehead atoms. The first-order valence-corrected chi connectivity index (χ1v) is 7.18.